The Morgan fingerprint density at radius 2 is 2.32 bits per heavy atom. The van der Waals surface area contributed by atoms with E-state index in [1.165, 1.54) is 12.1 Å². The lowest BCUT2D eigenvalue weighted by Gasteiger charge is -2.28. The minimum Gasteiger partial charge on any atom is -0.478 e. The van der Waals surface area contributed by atoms with Gasteiger partial charge in [-0.25, -0.2) is 9.18 Å². The van der Waals surface area contributed by atoms with E-state index in [-0.39, 0.29) is 11.7 Å². The van der Waals surface area contributed by atoms with Gasteiger partial charge < -0.3 is 14.7 Å². The molecule has 0 aliphatic carbocycles. The summed E-state index contributed by atoms with van der Waals surface area (Å²) in [5.41, 5.74) is 0.364. The van der Waals surface area contributed by atoms with Crippen molar-refractivity contribution in [1.29, 1.82) is 0 Å². The first-order valence-electron chi connectivity index (χ1n) is 6.43. The normalized spacial score (nSPS) is 19.2. The first-order chi connectivity index (χ1) is 9.08. The molecule has 5 heteroatoms. The van der Waals surface area contributed by atoms with Gasteiger partial charge in [0.25, 0.3) is 0 Å². The second-order valence-corrected chi connectivity index (χ2v) is 4.84. The summed E-state index contributed by atoms with van der Waals surface area (Å²) in [6, 6.07) is 3.97. The van der Waals surface area contributed by atoms with Crippen molar-refractivity contribution in [3.05, 3.63) is 29.6 Å². The molecule has 1 atom stereocenters. The summed E-state index contributed by atoms with van der Waals surface area (Å²) < 4.78 is 19.5. The molecule has 1 unspecified atom stereocenters. The summed E-state index contributed by atoms with van der Waals surface area (Å²) in [4.78, 5) is 12.5. The van der Waals surface area contributed by atoms with Gasteiger partial charge in [0.05, 0.1) is 17.4 Å². The van der Waals surface area contributed by atoms with Crippen LogP contribution in [-0.2, 0) is 4.74 Å². The topological polar surface area (TPSA) is 49.8 Å². The van der Waals surface area contributed by atoms with E-state index in [0.29, 0.717) is 12.2 Å². The summed E-state index contributed by atoms with van der Waals surface area (Å²) in [6.07, 6.45) is 3.33. The number of carboxylic acid groups (broad SMARTS) is 1. The number of aromatic carboxylic acids is 1. The lowest BCUT2D eigenvalue weighted by Crippen LogP contribution is -2.33. The molecule has 4 nitrogen and oxygen atoms in total. The molecule has 1 saturated heterocycles. The van der Waals surface area contributed by atoms with Crippen molar-refractivity contribution < 1.29 is 19.0 Å². The SMILES string of the molecule is CN(CC1CCCCO1)c1ccc(C(=O)O)cc1F. The third-order valence-electron chi connectivity index (χ3n) is 3.36. The zero-order valence-corrected chi connectivity index (χ0v) is 10.9. The van der Waals surface area contributed by atoms with E-state index in [2.05, 4.69) is 0 Å². The van der Waals surface area contributed by atoms with Crippen molar-refractivity contribution in [3.8, 4) is 0 Å². The van der Waals surface area contributed by atoms with E-state index < -0.39 is 11.8 Å². The van der Waals surface area contributed by atoms with Crippen LogP contribution in [-0.4, -0.2) is 37.4 Å². The van der Waals surface area contributed by atoms with Crippen molar-refractivity contribution in [1.82, 2.24) is 0 Å². The molecule has 1 aromatic rings. The average molecular weight is 267 g/mol. The fraction of sp³-hybridized carbons (Fsp3) is 0.500. The molecular formula is C14H18FNO3. The van der Waals surface area contributed by atoms with Gasteiger partial charge in [-0.3, -0.25) is 0 Å². The fourth-order valence-electron chi connectivity index (χ4n) is 2.30. The number of hydrogen-bond acceptors (Lipinski definition) is 3. The van der Waals surface area contributed by atoms with Crippen molar-refractivity contribution in [2.45, 2.75) is 25.4 Å². The van der Waals surface area contributed by atoms with Gasteiger partial charge in [-0.2, -0.15) is 0 Å². The van der Waals surface area contributed by atoms with Crippen molar-refractivity contribution >= 4 is 11.7 Å². The maximum atomic E-state index is 13.9. The highest BCUT2D eigenvalue weighted by Gasteiger charge is 2.18. The quantitative estimate of drug-likeness (QED) is 0.910. The molecule has 0 spiro atoms. The smallest absolute Gasteiger partial charge is 0.335 e. The number of hydrogen-bond donors (Lipinski definition) is 1. The summed E-state index contributed by atoms with van der Waals surface area (Å²) >= 11 is 0. The fourth-order valence-corrected chi connectivity index (χ4v) is 2.30. The Morgan fingerprint density at radius 3 is 2.89 bits per heavy atom. The Hall–Kier alpha value is -1.62. The van der Waals surface area contributed by atoms with Gasteiger partial charge in [-0.15, -0.1) is 0 Å². The van der Waals surface area contributed by atoms with Crippen LogP contribution >= 0.6 is 0 Å². The van der Waals surface area contributed by atoms with E-state index in [9.17, 15) is 9.18 Å². The summed E-state index contributed by atoms with van der Waals surface area (Å²) in [6.45, 7) is 1.38. The van der Waals surface area contributed by atoms with E-state index >= 15 is 0 Å². The Balaban J connectivity index is 2.05. The highest BCUT2D eigenvalue weighted by Crippen LogP contribution is 2.22. The van der Waals surface area contributed by atoms with Gasteiger partial charge >= 0.3 is 5.97 Å². The van der Waals surface area contributed by atoms with Crippen LogP contribution in [0.2, 0.25) is 0 Å². The molecule has 0 amide bonds. The zero-order valence-electron chi connectivity index (χ0n) is 10.9. The Labute approximate surface area is 111 Å². The predicted molar refractivity (Wildman–Crippen MR) is 70.2 cm³/mol. The van der Waals surface area contributed by atoms with Crippen LogP contribution in [0.1, 0.15) is 29.6 Å². The largest absolute Gasteiger partial charge is 0.478 e. The first-order valence-corrected chi connectivity index (χ1v) is 6.43. The Bertz CT molecular complexity index is 458. The molecule has 0 saturated carbocycles. The van der Waals surface area contributed by atoms with Crippen LogP contribution in [0.5, 0.6) is 0 Å². The van der Waals surface area contributed by atoms with Crippen LogP contribution < -0.4 is 4.90 Å². The second kappa shape index (κ2) is 6.02. The monoisotopic (exact) mass is 267 g/mol. The van der Waals surface area contributed by atoms with Gasteiger partial charge in [0.15, 0.2) is 0 Å². The molecule has 1 heterocycles. The molecule has 1 fully saturated rings. The minimum absolute atomic E-state index is 0.0384. The average Bonchev–Trinajstić information content (AvgIpc) is 2.39. The Kier molecular flexibility index (Phi) is 4.37. The van der Waals surface area contributed by atoms with E-state index in [1.54, 1.807) is 11.9 Å². The van der Waals surface area contributed by atoms with Gasteiger partial charge in [0, 0.05) is 20.2 Å². The van der Waals surface area contributed by atoms with Gasteiger partial charge in [0.2, 0.25) is 0 Å². The van der Waals surface area contributed by atoms with Crippen molar-refractivity contribution in [3.63, 3.8) is 0 Å². The van der Waals surface area contributed by atoms with Gasteiger partial charge in [-0.05, 0) is 37.5 Å². The number of likely N-dealkylation sites (N-methyl/N-ethyl adjacent to an activating group) is 1. The molecule has 0 aromatic heterocycles. The highest BCUT2D eigenvalue weighted by atomic mass is 19.1. The number of halogens is 1. The minimum atomic E-state index is -1.12. The van der Waals surface area contributed by atoms with E-state index in [1.807, 2.05) is 0 Å². The van der Waals surface area contributed by atoms with Crippen LogP contribution in [0.3, 0.4) is 0 Å². The summed E-state index contributed by atoms with van der Waals surface area (Å²) in [7, 11) is 1.79. The predicted octanol–water partition coefficient (Wildman–Crippen LogP) is 2.53. The van der Waals surface area contributed by atoms with Gasteiger partial charge in [0.1, 0.15) is 5.82 Å². The zero-order chi connectivity index (χ0) is 13.8. The number of rotatable bonds is 4. The number of carboxylic acids is 1. The molecule has 1 N–H and O–H groups in total. The van der Waals surface area contributed by atoms with Crippen LogP contribution in [0.25, 0.3) is 0 Å². The van der Waals surface area contributed by atoms with E-state index in [4.69, 9.17) is 9.84 Å². The van der Waals surface area contributed by atoms with E-state index in [0.717, 1.165) is 31.9 Å². The molecule has 0 bridgehead atoms. The highest BCUT2D eigenvalue weighted by molar-refractivity contribution is 5.88. The second-order valence-electron chi connectivity index (χ2n) is 4.84. The maximum Gasteiger partial charge on any atom is 0.335 e. The number of benzene rings is 1. The van der Waals surface area contributed by atoms with Crippen LogP contribution in [0.15, 0.2) is 18.2 Å². The van der Waals surface area contributed by atoms with Crippen molar-refractivity contribution in [2.24, 2.45) is 0 Å². The van der Waals surface area contributed by atoms with Gasteiger partial charge in [-0.1, -0.05) is 0 Å². The molecule has 1 aromatic carbocycles. The molecule has 19 heavy (non-hydrogen) atoms. The summed E-state index contributed by atoms with van der Waals surface area (Å²) in [5, 5.41) is 8.80. The molecule has 1 aliphatic heterocycles. The third kappa shape index (κ3) is 3.44. The molecule has 104 valence electrons. The maximum absolute atomic E-state index is 13.9. The number of carbonyl (C=O) groups is 1. The molecule has 2 rings (SSSR count). The number of nitrogens with zero attached hydrogens (tertiary/aromatic N) is 1. The third-order valence-corrected chi connectivity index (χ3v) is 3.36. The van der Waals surface area contributed by atoms with Crippen LogP contribution in [0, 0.1) is 5.82 Å². The van der Waals surface area contributed by atoms with Crippen LogP contribution in [0.4, 0.5) is 10.1 Å². The standard InChI is InChI=1S/C14H18FNO3/c1-16(9-11-4-2-3-7-19-11)13-6-5-10(14(17)18)8-12(13)15/h5-6,8,11H,2-4,7,9H2,1H3,(H,17,18). The lowest BCUT2D eigenvalue weighted by molar-refractivity contribution is 0.0215. The first kappa shape index (κ1) is 13.8. The molecule has 0 radical (unpaired) electrons. The number of anilines is 1. The van der Waals surface area contributed by atoms with Crippen molar-refractivity contribution in [2.75, 3.05) is 25.1 Å². The molecule has 1 aliphatic rings. The number of ether oxygens (including phenoxy) is 1. The Morgan fingerprint density at radius 1 is 1.53 bits per heavy atom. The molecular weight excluding hydrogens is 249 g/mol. The summed E-state index contributed by atoms with van der Waals surface area (Å²) in [5.74, 6) is -1.64. The lowest BCUT2D eigenvalue weighted by atomic mass is 10.1.